The molecule has 134 valence electrons. The zero-order valence-corrected chi connectivity index (χ0v) is 15.4. The van der Waals surface area contributed by atoms with Crippen LogP contribution in [0.25, 0.3) is 0 Å². The second-order valence-electron chi connectivity index (χ2n) is 6.26. The minimum absolute atomic E-state index is 0.0292. The van der Waals surface area contributed by atoms with Crippen LogP contribution in [0.15, 0.2) is 83.8 Å². The molecule has 4 nitrogen and oxygen atoms in total. The van der Waals surface area contributed by atoms with Crippen molar-refractivity contribution < 1.29 is 9.59 Å². The molecule has 2 amide bonds. The van der Waals surface area contributed by atoms with Gasteiger partial charge in [-0.05, 0) is 42.0 Å². The van der Waals surface area contributed by atoms with Crippen LogP contribution in [0.4, 0.5) is 11.4 Å². The molecular formula is C22H18N2O2S. The Labute approximate surface area is 162 Å². The summed E-state index contributed by atoms with van der Waals surface area (Å²) in [7, 11) is 0. The fourth-order valence-electron chi connectivity index (χ4n) is 3.00. The van der Waals surface area contributed by atoms with Gasteiger partial charge in [-0.2, -0.15) is 0 Å². The standard InChI is InChI=1S/C22H18N2O2S/c25-21-14-24(20-9-5-4-8-19(20)23-21)22(26)17-12-10-16(11-13-17)15-27-18-6-2-1-3-7-18/h1-13H,14-15H2,(H,23,25). The van der Waals surface area contributed by atoms with Crippen LogP contribution in [0.1, 0.15) is 15.9 Å². The molecule has 0 fully saturated rings. The van der Waals surface area contributed by atoms with Crippen molar-refractivity contribution in [2.24, 2.45) is 0 Å². The van der Waals surface area contributed by atoms with Crippen LogP contribution in [0.3, 0.4) is 0 Å². The molecule has 0 spiro atoms. The molecular weight excluding hydrogens is 356 g/mol. The van der Waals surface area contributed by atoms with Crippen molar-refractivity contribution in [3.05, 3.63) is 90.0 Å². The summed E-state index contributed by atoms with van der Waals surface area (Å²) in [6, 6.07) is 25.2. The summed E-state index contributed by atoms with van der Waals surface area (Å²) in [5.41, 5.74) is 3.12. The van der Waals surface area contributed by atoms with Gasteiger partial charge < -0.3 is 5.32 Å². The van der Waals surface area contributed by atoms with Crippen molar-refractivity contribution >= 4 is 35.0 Å². The number of thioether (sulfide) groups is 1. The highest BCUT2D eigenvalue weighted by atomic mass is 32.2. The zero-order valence-electron chi connectivity index (χ0n) is 14.6. The van der Waals surface area contributed by atoms with E-state index in [4.69, 9.17) is 0 Å². The van der Waals surface area contributed by atoms with E-state index in [2.05, 4.69) is 17.4 Å². The van der Waals surface area contributed by atoms with Crippen LogP contribution >= 0.6 is 11.8 Å². The molecule has 3 aromatic carbocycles. The van der Waals surface area contributed by atoms with E-state index < -0.39 is 0 Å². The van der Waals surface area contributed by atoms with Gasteiger partial charge in [0.2, 0.25) is 5.91 Å². The Morgan fingerprint density at radius 1 is 0.926 bits per heavy atom. The summed E-state index contributed by atoms with van der Waals surface area (Å²) in [4.78, 5) is 27.6. The smallest absolute Gasteiger partial charge is 0.258 e. The number of hydrogen-bond acceptors (Lipinski definition) is 3. The molecule has 27 heavy (non-hydrogen) atoms. The largest absolute Gasteiger partial charge is 0.323 e. The number of nitrogens with zero attached hydrogens (tertiary/aromatic N) is 1. The number of para-hydroxylation sites is 2. The van der Waals surface area contributed by atoms with E-state index in [-0.39, 0.29) is 18.4 Å². The molecule has 0 unspecified atom stereocenters. The lowest BCUT2D eigenvalue weighted by molar-refractivity contribution is -0.115. The minimum atomic E-state index is -0.182. The minimum Gasteiger partial charge on any atom is -0.323 e. The van der Waals surface area contributed by atoms with Crippen LogP contribution in [0, 0.1) is 0 Å². The second kappa shape index (κ2) is 7.68. The van der Waals surface area contributed by atoms with Crippen LogP contribution in [-0.2, 0) is 10.5 Å². The molecule has 1 aliphatic rings. The average Bonchev–Trinajstić information content (AvgIpc) is 2.72. The molecule has 0 saturated heterocycles. The Morgan fingerprint density at radius 3 is 2.41 bits per heavy atom. The van der Waals surface area contributed by atoms with Crippen LogP contribution in [0.2, 0.25) is 0 Å². The van der Waals surface area contributed by atoms with E-state index >= 15 is 0 Å². The van der Waals surface area contributed by atoms with E-state index in [0.29, 0.717) is 11.3 Å². The SMILES string of the molecule is O=C1CN(C(=O)c2ccc(CSc3ccccc3)cc2)c2ccccc2N1. The lowest BCUT2D eigenvalue weighted by Crippen LogP contribution is -2.42. The maximum Gasteiger partial charge on any atom is 0.258 e. The number of carbonyl (C=O) groups is 2. The molecule has 0 atom stereocenters. The van der Waals surface area contributed by atoms with Crippen LogP contribution in [-0.4, -0.2) is 18.4 Å². The van der Waals surface area contributed by atoms with Gasteiger partial charge in [0, 0.05) is 16.2 Å². The molecule has 0 bridgehead atoms. The van der Waals surface area contributed by atoms with Gasteiger partial charge in [0.15, 0.2) is 0 Å². The molecule has 1 N–H and O–H groups in total. The molecule has 0 radical (unpaired) electrons. The summed E-state index contributed by atoms with van der Waals surface area (Å²) in [5, 5.41) is 2.80. The quantitative estimate of drug-likeness (QED) is 0.680. The first-order valence-corrected chi connectivity index (χ1v) is 9.67. The lowest BCUT2D eigenvalue weighted by atomic mass is 10.1. The number of nitrogens with one attached hydrogen (secondary N) is 1. The van der Waals surface area contributed by atoms with Gasteiger partial charge in [-0.15, -0.1) is 11.8 Å². The molecule has 5 heteroatoms. The van der Waals surface area contributed by atoms with Crippen molar-refractivity contribution in [1.82, 2.24) is 0 Å². The van der Waals surface area contributed by atoms with Gasteiger partial charge >= 0.3 is 0 Å². The number of anilines is 2. The Hall–Kier alpha value is -3.05. The fraction of sp³-hybridized carbons (Fsp3) is 0.0909. The molecule has 3 aromatic rings. The summed E-state index contributed by atoms with van der Waals surface area (Å²) in [6.45, 7) is 0.0292. The van der Waals surface area contributed by atoms with Crippen LogP contribution in [0.5, 0.6) is 0 Å². The van der Waals surface area contributed by atoms with Crippen molar-refractivity contribution in [3.63, 3.8) is 0 Å². The third-order valence-electron chi connectivity index (χ3n) is 4.37. The predicted molar refractivity (Wildman–Crippen MR) is 109 cm³/mol. The summed E-state index contributed by atoms with van der Waals surface area (Å²) in [5.74, 6) is 0.491. The molecule has 1 heterocycles. The normalized spacial score (nSPS) is 13.0. The summed E-state index contributed by atoms with van der Waals surface area (Å²) >= 11 is 1.76. The Morgan fingerprint density at radius 2 is 1.63 bits per heavy atom. The highest BCUT2D eigenvalue weighted by molar-refractivity contribution is 7.98. The maximum absolute atomic E-state index is 12.9. The zero-order chi connectivity index (χ0) is 18.6. The van der Waals surface area contributed by atoms with Crippen LogP contribution < -0.4 is 10.2 Å². The van der Waals surface area contributed by atoms with Gasteiger partial charge in [0.1, 0.15) is 6.54 Å². The van der Waals surface area contributed by atoms with Crippen molar-refractivity contribution in [2.45, 2.75) is 10.6 Å². The number of fused-ring (bicyclic) bond motifs is 1. The number of benzene rings is 3. The van der Waals surface area contributed by atoms with E-state index in [1.165, 1.54) is 9.80 Å². The molecule has 0 saturated carbocycles. The summed E-state index contributed by atoms with van der Waals surface area (Å²) in [6.07, 6.45) is 0. The third kappa shape index (κ3) is 3.88. The summed E-state index contributed by atoms with van der Waals surface area (Å²) < 4.78 is 0. The van der Waals surface area contributed by atoms with Gasteiger partial charge in [-0.3, -0.25) is 14.5 Å². The van der Waals surface area contributed by atoms with Crippen molar-refractivity contribution in [1.29, 1.82) is 0 Å². The van der Waals surface area contributed by atoms with Gasteiger partial charge in [-0.25, -0.2) is 0 Å². The highest BCUT2D eigenvalue weighted by Gasteiger charge is 2.27. The van der Waals surface area contributed by atoms with E-state index in [1.54, 1.807) is 17.8 Å². The van der Waals surface area contributed by atoms with Crippen molar-refractivity contribution in [3.8, 4) is 0 Å². The Bertz CT molecular complexity index is 971. The average molecular weight is 374 g/mol. The molecule has 4 rings (SSSR count). The Balaban J connectivity index is 1.49. The topological polar surface area (TPSA) is 49.4 Å². The predicted octanol–water partition coefficient (Wildman–Crippen LogP) is 4.58. The lowest BCUT2D eigenvalue weighted by Gasteiger charge is -2.29. The first kappa shape index (κ1) is 17.4. The Kier molecular flexibility index (Phi) is 4.94. The monoisotopic (exact) mass is 374 g/mol. The third-order valence-corrected chi connectivity index (χ3v) is 5.45. The number of hydrogen-bond donors (Lipinski definition) is 1. The van der Waals surface area contributed by atoms with Gasteiger partial charge in [0.25, 0.3) is 5.91 Å². The second-order valence-corrected chi connectivity index (χ2v) is 7.30. The number of amides is 2. The first-order chi connectivity index (χ1) is 13.2. The van der Waals surface area contributed by atoms with Crippen molar-refractivity contribution in [2.75, 3.05) is 16.8 Å². The highest BCUT2D eigenvalue weighted by Crippen LogP contribution is 2.30. The molecule has 0 aliphatic carbocycles. The van der Waals surface area contributed by atoms with E-state index in [9.17, 15) is 9.59 Å². The van der Waals surface area contributed by atoms with Gasteiger partial charge in [-0.1, -0.05) is 42.5 Å². The van der Waals surface area contributed by atoms with E-state index in [0.717, 1.165) is 17.0 Å². The fourth-order valence-corrected chi connectivity index (χ4v) is 3.87. The molecule has 1 aliphatic heterocycles. The first-order valence-electron chi connectivity index (χ1n) is 8.68. The van der Waals surface area contributed by atoms with E-state index in [1.807, 2.05) is 60.7 Å². The number of rotatable bonds is 4. The molecule has 0 aromatic heterocycles. The number of carbonyl (C=O) groups excluding carboxylic acids is 2. The van der Waals surface area contributed by atoms with Gasteiger partial charge in [0.05, 0.1) is 11.4 Å². The maximum atomic E-state index is 12.9.